The van der Waals surface area contributed by atoms with E-state index in [1.54, 1.807) is 7.11 Å². The Bertz CT molecular complexity index is 377. The second-order valence-corrected chi connectivity index (χ2v) is 4.84. The van der Waals surface area contributed by atoms with Gasteiger partial charge in [-0.1, -0.05) is 38.3 Å². The van der Waals surface area contributed by atoms with Gasteiger partial charge in [0.15, 0.2) is 0 Å². The van der Waals surface area contributed by atoms with Crippen molar-refractivity contribution in [3.8, 4) is 5.75 Å². The van der Waals surface area contributed by atoms with E-state index in [0.717, 1.165) is 12.2 Å². The number of hydrogen-bond donors (Lipinski definition) is 2. The van der Waals surface area contributed by atoms with Crippen LogP contribution in [0.1, 0.15) is 55.3 Å². The number of unbranched alkanes of at least 4 members (excludes halogenated alkanes) is 2. The summed E-state index contributed by atoms with van der Waals surface area (Å²) in [4.78, 5) is 0. The molecular weight excluding hydrogens is 224 g/mol. The highest BCUT2D eigenvalue weighted by Gasteiger charge is 2.16. The van der Waals surface area contributed by atoms with Crippen LogP contribution in [0.2, 0.25) is 0 Å². The van der Waals surface area contributed by atoms with Gasteiger partial charge in [-0.25, -0.2) is 0 Å². The van der Waals surface area contributed by atoms with E-state index in [1.807, 2.05) is 0 Å². The summed E-state index contributed by atoms with van der Waals surface area (Å²) in [5.41, 5.74) is 6.53. The number of nitrogens with two attached hydrogens (primary N) is 1. The Kier molecular flexibility index (Phi) is 6.16. The number of rotatable bonds is 7. The van der Waals surface area contributed by atoms with Crippen LogP contribution in [-0.4, -0.2) is 7.11 Å². The first kappa shape index (κ1) is 15.0. The highest BCUT2D eigenvalue weighted by Crippen LogP contribution is 2.32. The minimum Gasteiger partial charge on any atom is -0.496 e. The Morgan fingerprint density at radius 3 is 2.56 bits per heavy atom. The third-order valence-corrected chi connectivity index (χ3v) is 3.58. The van der Waals surface area contributed by atoms with Gasteiger partial charge in [-0.2, -0.15) is 0 Å². The third kappa shape index (κ3) is 3.47. The van der Waals surface area contributed by atoms with E-state index in [0.29, 0.717) is 0 Å². The summed E-state index contributed by atoms with van der Waals surface area (Å²) in [5.74, 6) is 6.66. The van der Waals surface area contributed by atoms with Gasteiger partial charge in [0.1, 0.15) is 5.75 Å². The van der Waals surface area contributed by atoms with Crippen LogP contribution in [0.3, 0.4) is 0 Å². The molecule has 1 unspecified atom stereocenters. The Balaban J connectivity index is 2.94. The van der Waals surface area contributed by atoms with Crippen molar-refractivity contribution in [3.63, 3.8) is 0 Å². The van der Waals surface area contributed by atoms with Crippen LogP contribution >= 0.6 is 0 Å². The Morgan fingerprint density at radius 1 is 1.28 bits per heavy atom. The molecule has 1 atom stereocenters. The first-order chi connectivity index (χ1) is 8.65. The molecule has 0 aliphatic carbocycles. The fourth-order valence-electron chi connectivity index (χ4n) is 2.28. The molecular formula is C15H26N2O. The number of nitrogens with one attached hydrogen (secondary N) is 1. The van der Waals surface area contributed by atoms with Crippen LogP contribution in [0.15, 0.2) is 12.1 Å². The highest BCUT2D eigenvalue weighted by atomic mass is 16.5. The van der Waals surface area contributed by atoms with E-state index in [1.165, 1.54) is 36.0 Å². The molecule has 102 valence electrons. The number of hydrogen-bond acceptors (Lipinski definition) is 3. The maximum absolute atomic E-state index is 5.69. The summed E-state index contributed by atoms with van der Waals surface area (Å²) >= 11 is 0. The summed E-state index contributed by atoms with van der Waals surface area (Å²) in [6.45, 7) is 6.41. The predicted octanol–water partition coefficient (Wildman–Crippen LogP) is 3.40. The van der Waals surface area contributed by atoms with Crippen molar-refractivity contribution in [2.45, 2.75) is 52.5 Å². The normalized spacial score (nSPS) is 12.5. The van der Waals surface area contributed by atoms with Crippen LogP contribution in [0.4, 0.5) is 0 Å². The second-order valence-electron chi connectivity index (χ2n) is 4.84. The zero-order valence-electron chi connectivity index (χ0n) is 12.0. The van der Waals surface area contributed by atoms with Gasteiger partial charge >= 0.3 is 0 Å². The van der Waals surface area contributed by atoms with Crippen LogP contribution in [-0.2, 0) is 0 Å². The maximum Gasteiger partial charge on any atom is 0.126 e. The molecule has 0 saturated carbocycles. The van der Waals surface area contributed by atoms with Gasteiger partial charge in [0.2, 0.25) is 0 Å². The average molecular weight is 250 g/mol. The molecule has 0 heterocycles. The molecule has 0 aromatic heterocycles. The van der Waals surface area contributed by atoms with E-state index in [2.05, 4.69) is 38.3 Å². The molecule has 0 bridgehead atoms. The number of benzene rings is 1. The highest BCUT2D eigenvalue weighted by molar-refractivity contribution is 5.46. The van der Waals surface area contributed by atoms with Crippen molar-refractivity contribution < 1.29 is 4.74 Å². The molecule has 3 N–H and O–H groups in total. The molecule has 0 spiro atoms. The van der Waals surface area contributed by atoms with Crippen molar-refractivity contribution in [2.24, 2.45) is 5.84 Å². The average Bonchev–Trinajstić information content (AvgIpc) is 2.38. The lowest BCUT2D eigenvalue weighted by Crippen LogP contribution is -2.28. The Hall–Kier alpha value is -1.06. The molecule has 1 rings (SSSR count). The summed E-state index contributed by atoms with van der Waals surface area (Å²) in [5, 5.41) is 0. The molecule has 18 heavy (non-hydrogen) atoms. The minimum absolute atomic E-state index is 0.172. The first-order valence-electron chi connectivity index (χ1n) is 6.75. The molecule has 1 aromatic rings. The monoisotopic (exact) mass is 250 g/mol. The lowest BCUT2D eigenvalue weighted by molar-refractivity contribution is 0.390. The standard InChI is InChI=1S/C15H26N2O/c1-5-6-7-8-14(17-16)13-10-9-11(2)12(3)15(13)18-4/h9-10,14,17H,5-8,16H2,1-4H3. The number of ether oxygens (including phenoxy) is 1. The third-order valence-electron chi connectivity index (χ3n) is 3.58. The van der Waals surface area contributed by atoms with Gasteiger partial charge in [0, 0.05) is 11.6 Å². The quantitative estimate of drug-likeness (QED) is 0.443. The van der Waals surface area contributed by atoms with Gasteiger partial charge in [-0.05, 0) is 31.4 Å². The lowest BCUT2D eigenvalue weighted by Gasteiger charge is -2.21. The van der Waals surface area contributed by atoms with Gasteiger partial charge in [0.25, 0.3) is 0 Å². The summed E-state index contributed by atoms with van der Waals surface area (Å²) in [7, 11) is 1.73. The lowest BCUT2D eigenvalue weighted by atomic mass is 9.96. The molecule has 0 aliphatic rings. The van der Waals surface area contributed by atoms with Crippen LogP contribution < -0.4 is 16.0 Å². The van der Waals surface area contributed by atoms with Gasteiger partial charge < -0.3 is 4.74 Å². The SMILES string of the molecule is CCCCCC(NN)c1ccc(C)c(C)c1OC. The van der Waals surface area contributed by atoms with Gasteiger partial charge in [-0.15, -0.1) is 0 Å². The predicted molar refractivity (Wildman–Crippen MR) is 76.7 cm³/mol. The number of hydrazine groups is 1. The summed E-state index contributed by atoms with van der Waals surface area (Å²) in [6, 6.07) is 4.43. The van der Waals surface area contributed by atoms with E-state index in [9.17, 15) is 0 Å². The van der Waals surface area contributed by atoms with E-state index in [4.69, 9.17) is 10.6 Å². The maximum atomic E-state index is 5.69. The first-order valence-corrected chi connectivity index (χ1v) is 6.75. The van der Waals surface area contributed by atoms with E-state index < -0.39 is 0 Å². The largest absolute Gasteiger partial charge is 0.496 e. The molecule has 3 heteroatoms. The van der Waals surface area contributed by atoms with Crippen molar-refractivity contribution in [1.29, 1.82) is 0 Å². The zero-order valence-corrected chi connectivity index (χ0v) is 12.0. The summed E-state index contributed by atoms with van der Waals surface area (Å²) < 4.78 is 5.55. The molecule has 0 aliphatic heterocycles. The molecule has 1 aromatic carbocycles. The van der Waals surface area contributed by atoms with Crippen molar-refractivity contribution >= 4 is 0 Å². The molecule has 0 fully saturated rings. The van der Waals surface area contributed by atoms with E-state index in [-0.39, 0.29) is 6.04 Å². The fourth-order valence-corrected chi connectivity index (χ4v) is 2.28. The number of aryl methyl sites for hydroxylation is 1. The Labute approximate surface area is 111 Å². The minimum atomic E-state index is 0.172. The Morgan fingerprint density at radius 2 is 2.00 bits per heavy atom. The van der Waals surface area contributed by atoms with Gasteiger partial charge in [0.05, 0.1) is 7.11 Å². The van der Waals surface area contributed by atoms with Crippen LogP contribution in [0, 0.1) is 13.8 Å². The topological polar surface area (TPSA) is 47.3 Å². The fraction of sp³-hybridized carbons (Fsp3) is 0.600. The van der Waals surface area contributed by atoms with Gasteiger partial charge in [-0.3, -0.25) is 11.3 Å². The van der Waals surface area contributed by atoms with Crippen molar-refractivity contribution in [3.05, 3.63) is 28.8 Å². The van der Waals surface area contributed by atoms with Crippen LogP contribution in [0.5, 0.6) is 5.75 Å². The molecule has 0 amide bonds. The smallest absolute Gasteiger partial charge is 0.126 e. The van der Waals surface area contributed by atoms with Crippen molar-refractivity contribution in [1.82, 2.24) is 5.43 Å². The molecule has 0 radical (unpaired) electrons. The molecule has 0 saturated heterocycles. The zero-order chi connectivity index (χ0) is 13.5. The number of methoxy groups -OCH3 is 1. The second kappa shape index (κ2) is 7.39. The van der Waals surface area contributed by atoms with Crippen molar-refractivity contribution in [2.75, 3.05) is 7.11 Å². The van der Waals surface area contributed by atoms with Crippen LogP contribution in [0.25, 0.3) is 0 Å². The molecule has 3 nitrogen and oxygen atoms in total. The summed E-state index contributed by atoms with van der Waals surface area (Å²) in [6.07, 6.45) is 4.69. The van der Waals surface area contributed by atoms with E-state index >= 15 is 0 Å².